The van der Waals surface area contributed by atoms with E-state index >= 15 is 0 Å². The summed E-state index contributed by atoms with van der Waals surface area (Å²) >= 11 is 0. The van der Waals surface area contributed by atoms with Gasteiger partial charge in [0.05, 0.1) is 0 Å². The van der Waals surface area contributed by atoms with Crippen molar-refractivity contribution in [3.8, 4) is 0 Å². The molecule has 186 valence electrons. The zero-order valence-corrected chi connectivity index (χ0v) is 21.3. The fraction of sp³-hybridized carbons (Fsp3) is 0.520. The maximum Gasteiger partial charge on any atom is 0.416 e. The van der Waals surface area contributed by atoms with E-state index in [4.69, 9.17) is 15.2 Å². The van der Waals surface area contributed by atoms with Crippen LogP contribution in [0.4, 0.5) is 21.2 Å². The number of anilines is 2. The number of rotatable bonds is 7. The van der Waals surface area contributed by atoms with E-state index < -0.39 is 23.4 Å². The summed E-state index contributed by atoms with van der Waals surface area (Å²) in [7, 11) is 1.61. The third-order valence-electron chi connectivity index (χ3n) is 4.48. The van der Waals surface area contributed by atoms with Gasteiger partial charge in [0, 0.05) is 37.8 Å². The van der Waals surface area contributed by atoms with Crippen LogP contribution in [0.5, 0.6) is 0 Å². The van der Waals surface area contributed by atoms with Gasteiger partial charge in [-0.2, -0.15) is 0 Å². The lowest BCUT2D eigenvalue weighted by Crippen LogP contribution is -2.39. The first kappa shape index (κ1) is 27.0. The molecule has 0 radical (unpaired) electrons. The maximum absolute atomic E-state index is 13.0. The van der Waals surface area contributed by atoms with Crippen LogP contribution in [0.3, 0.4) is 0 Å². The number of ether oxygens (including phenoxy) is 2. The quantitative estimate of drug-likeness (QED) is 0.640. The van der Waals surface area contributed by atoms with E-state index in [0.717, 1.165) is 5.69 Å². The fourth-order valence-corrected chi connectivity index (χ4v) is 2.96. The highest BCUT2D eigenvalue weighted by atomic mass is 16.6. The van der Waals surface area contributed by atoms with Crippen molar-refractivity contribution < 1.29 is 19.1 Å². The third kappa shape index (κ3) is 8.62. The van der Waals surface area contributed by atoms with E-state index in [0.29, 0.717) is 43.3 Å². The smallest absolute Gasteiger partial charge is 0.416 e. The van der Waals surface area contributed by atoms with Crippen LogP contribution in [0.15, 0.2) is 36.4 Å². The molecule has 2 amide bonds. The van der Waals surface area contributed by atoms with Gasteiger partial charge in [0.1, 0.15) is 22.8 Å². The summed E-state index contributed by atoms with van der Waals surface area (Å²) < 4.78 is 11.0. The van der Waals surface area contributed by atoms with Gasteiger partial charge in [0.2, 0.25) is 0 Å². The van der Waals surface area contributed by atoms with Crippen LogP contribution in [0.2, 0.25) is 0 Å². The number of hydrogen-bond donors (Lipinski definition) is 1. The number of aromatic nitrogens is 2. The van der Waals surface area contributed by atoms with Crippen LogP contribution in [0, 0.1) is 0 Å². The zero-order chi connectivity index (χ0) is 25.5. The van der Waals surface area contributed by atoms with E-state index in [2.05, 4.69) is 9.97 Å². The van der Waals surface area contributed by atoms with Crippen LogP contribution in [-0.2, 0) is 22.3 Å². The molecule has 0 unspecified atom stereocenters. The van der Waals surface area contributed by atoms with Crippen molar-refractivity contribution in [3.63, 3.8) is 0 Å². The normalized spacial score (nSPS) is 11.6. The van der Waals surface area contributed by atoms with E-state index in [1.807, 2.05) is 65.8 Å². The number of hydrogen-bond acceptors (Lipinski definition) is 7. The molecule has 2 heterocycles. The van der Waals surface area contributed by atoms with Crippen LogP contribution in [-0.4, -0.2) is 53.5 Å². The number of carbonyl (C=O) groups excluding carboxylic acids is 2. The standard InChI is InChI=1S/C25H37N5O4/c1-24(2,3)33-22(31)29(7)20-12-8-11-19(27-20)15-17-30(23(32)34-25(4,5)6)21-13-9-10-18(28-21)14-16-26/h8-13H,14-17,26H2,1-7H3. The first-order valence-corrected chi connectivity index (χ1v) is 11.4. The minimum atomic E-state index is -0.654. The summed E-state index contributed by atoms with van der Waals surface area (Å²) in [4.78, 5) is 37.4. The minimum absolute atomic E-state index is 0.292. The molecule has 2 N–H and O–H groups in total. The molecule has 0 spiro atoms. The Labute approximate surface area is 202 Å². The molecule has 0 atom stereocenters. The summed E-state index contributed by atoms with van der Waals surface area (Å²) in [6, 6.07) is 10.9. The number of amides is 2. The molecule has 34 heavy (non-hydrogen) atoms. The van der Waals surface area contributed by atoms with Crippen LogP contribution >= 0.6 is 0 Å². The van der Waals surface area contributed by atoms with Gasteiger partial charge in [-0.15, -0.1) is 0 Å². The Morgan fingerprint density at radius 2 is 1.32 bits per heavy atom. The molecule has 9 heteroatoms. The van der Waals surface area contributed by atoms with Gasteiger partial charge < -0.3 is 15.2 Å². The largest absolute Gasteiger partial charge is 0.443 e. The predicted octanol–water partition coefficient (Wildman–Crippen LogP) is 4.33. The summed E-state index contributed by atoms with van der Waals surface area (Å²) in [5.41, 5.74) is 5.91. The lowest BCUT2D eigenvalue weighted by atomic mass is 10.2. The Hall–Kier alpha value is -3.20. The van der Waals surface area contributed by atoms with Crippen molar-refractivity contribution in [2.45, 2.75) is 65.6 Å². The summed E-state index contributed by atoms with van der Waals surface area (Å²) in [5.74, 6) is 0.945. The van der Waals surface area contributed by atoms with Gasteiger partial charge in [0.25, 0.3) is 0 Å². The van der Waals surface area contributed by atoms with Gasteiger partial charge in [-0.25, -0.2) is 19.6 Å². The lowest BCUT2D eigenvalue weighted by Gasteiger charge is -2.27. The highest BCUT2D eigenvalue weighted by molar-refractivity contribution is 5.87. The molecule has 0 fully saturated rings. The van der Waals surface area contributed by atoms with Gasteiger partial charge in [-0.05, 0) is 72.4 Å². The Bertz CT molecular complexity index is 982. The predicted molar refractivity (Wildman–Crippen MR) is 133 cm³/mol. The van der Waals surface area contributed by atoms with Crippen molar-refractivity contribution in [1.29, 1.82) is 0 Å². The topological polar surface area (TPSA) is 111 Å². The molecule has 0 bridgehead atoms. The molecular weight excluding hydrogens is 434 g/mol. The summed E-state index contributed by atoms with van der Waals surface area (Å²) in [6.07, 6.45) is 0.0506. The fourth-order valence-electron chi connectivity index (χ4n) is 2.96. The van der Waals surface area contributed by atoms with Crippen molar-refractivity contribution >= 4 is 23.8 Å². The molecule has 2 aromatic heterocycles. The highest BCUT2D eigenvalue weighted by Gasteiger charge is 2.25. The molecule has 0 aliphatic rings. The van der Waals surface area contributed by atoms with Gasteiger partial charge >= 0.3 is 12.2 Å². The molecule has 2 aromatic rings. The van der Waals surface area contributed by atoms with Crippen molar-refractivity contribution in [1.82, 2.24) is 9.97 Å². The third-order valence-corrected chi connectivity index (χ3v) is 4.48. The van der Waals surface area contributed by atoms with Gasteiger partial charge in [-0.3, -0.25) is 9.80 Å². The second-order valence-corrected chi connectivity index (χ2v) is 9.93. The molecule has 0 aromatic carbocycles. The van der Waals surface area contributed by atoms with Crippen LogP contribution < -0.4 is 15.5 Å². The van der Waals surface area contributed by atoms with Gasteiger partial charge in [0.15, 0.2) is 0 Å². The number of nitrogens with two attached hydrogens (primary N) is 1. The van der Waals surface area contributed by atoms with E-state index in [1.54, 1.807) is 19.2 Å². The average molecular weight is 472 g/mol. The highest BCUT2D eigenvalue weighted by Crippen LogP contribution is 2.19. The van der Waals surface area contributed by atoms with E-state index in [1.165, 1.54) is 9.80 Å². The van der Waals surface area contributed by atoms with Crippen LogP contribution in [0.25, 0.3) is 0 Å². The van der Waals surface area contributed by atoms with Crippen molar-refractivity contribution in [2.24, 2.45) is 5.73 Å². The summed E-state index contributed by atoms with van der Waals surface area (Å²) in [6.45, 7) is 11.6. The number of pyridine rings is 2. The molecule has 2 rings (SSSR count). The lowest BCUT2D eigenvalue weighted by molar-refractivity contribution is 0.0572. The SMILES string of the molecule is CN(C(=O)OC(C)(C)C)c1cccc(CCN(C(=O)OC(C)(C)C)c2cccc(CCN)n2)n1. The van der Waals surface area contributed by atoms with Crippen molar-refractivity contribution in [3.05, 3.63) is 47.8 Å². The van der Waals surface area contributed by atoms with Gasteiger partial charge in [-0.1, -0.05) is 12.1 Å². The van der Waals surface area contributed by atoms with E-state index in [9.17, 15) is 9.59 Å². The van der Waals surface area contributed by atoms with Crippen molar-refractivity contribution in [2.75, 3.05) is 29.9 Å². The Morgan fingerprint density at radius 3 is 1.88 bits per heavy atom. The second kappa shape index (κ2) is 11.3. The molecular formula is C25H37N5O4. The molecule has 0 saturated carbocycles. The molecule has 0 aliphatic carbocycles. The monoisotopic (exact) mass is 471 g/mol. The molecule has 0 saturated heterocycles. The Morgan fingerprint density at radius 1 is 0.824 bits per heavy atom. The minimum Gasteiger partial charge on any atom is -0.443 e. The zero-order valence-electron chi connectivity index (χ0n) is 21.3. The first-order chi connectivity index (χ1) is 15.8. The number of carbonyl (C=O) groups is 2. The first-order valence-electron chi connectivity index (χ1n) is 11.4. The van der Waals surface area contributed by atoms with E-state index in [-0.39, 0.29) is 0 Å². The Balaban J connectivity index is 2.23. The summed E-state index contributed by atoms with van der Waals surface area (Å²) in [5, 5.41) is 0. The maximum atomic E-state index is 13.0. The average Bonchev–Trinajstić information content (AvgIpc) is 2.71. The number of nitrogens with zero attached hydrogens (tertiary/aromatic N) is 4. The molecule has 0 aliphatic heterocycles. The van der Waals surface area contributed by atoms with Crippen LogP contribution in [0.1, 0.15) is 52.9 Å². The molecule has 9 nitrogen and oxygen atoms in total. The Kier molecular flexibility index (Phi) is 8.98. The second-order valence-electron chi connectivity index (χ2n) is 9.93.